The van der Waals surface area contributed by atoms with Crippen molar-refractivity contribution >= 4 is 40.0 Å². The number of carbonyl (C=O) groups excluding carboxylic acids is 2. The third-order valence-electron chi connectivity index (χ3n) is 15.6. The number of hydrogen-bond acceptors (Lipinski definition) is 8. The number of nitrogens with one attached hydrogen (secondary N) is 4. The Kier molecular flexibility index (Phi) is 11.5. The second-order valence-electron chi connectivity index (χ2n) is 19.6. The van der Waals surface area contributed by atoms with Crippen molar-refractivity contribution in [1.82, 2.24) is 40.4 Å². The predicted octanol–water partition coefficient (Wildman–Crippen LogP) is 10.1. The molecule has 3 aliphatic heterocycles. The lowest BCUT2D eigenvalue weighted by Crippen LogP contribution is -2.52. The summed E-state index contributed by atoms with van der Waals surface area (Å²) < 4.78 is 11.1. The van der Waals surface area contributed by atoms with Crippen LogP contribution in [0.1, 0.15) is 111 Å². The normalized spacial score (nSPS) is 24.4. The lowest BCUT2D eigenvalue weighted by atomic mass is 9.84. The van der Waals surface area contributed by atoms with Crippen LogP contribution in [0.25, 0.3) is 44.3 Å². The van der Waals surface area contributed by atoms with Crippen LogP contribution in [0, 0.1) is 11.8 Å². The highest BCUT2D eigenvalue weighted by Gasteiger charge is 2.50. The maximum atomic E-state index is 14.8. The van der Waals surface area contributed by atoms with Crippen molar-refractivity contribution in [2.45, 2.75) is 107 Å². The van der Waals surface area contributed by atoms with Crippen LogP contribution in [-0.2, 0) is 19.1 Å². The molecule has 12 rings (SSSR count). The first-order chi connectivity index (χ1) is 33.8. The molecule has 0 unspecified atom stereocenters. The highest BCUT2D eigenvalue weighted by molar-refractivity contribution is 5.89. The molecule has 5 heterocycles. The molecule has 352 valence electrons. The molecule has 5 N–H and O–H groups in total. The molecule has 3 saturated heterocycles. The zero-order valence-electron chi connectivity index (χ0n) is 38.3. The van der Waals surface area contributed by atoms with Crippen molar-refractivity contribution in [3.8, 4) is 22.3 Å². The number of imidazole rings is 2. The fourth-order valence-corrected chi connectivity index (χ4v) is 12.3. The van der Waals surface area contributed by atoms with Gasteiger partial charge in [0, 0.05) is 12.1 Å². The third-order valence-corrected chi connectivity index (χ3v) is 15.6. The van der Waals surface area contributed by atoms with Crippen LogP contribution in [0.2, 0.25) is 0 Å². The Morgan fingerprint density at radius 1 is 0.580 bits per heavy atom. The topological polar surface area (TPSA) is 178 Å². The van der Waals surface area contributed by atoms with Gasteiger partial charge in [0.05, 0.1) is 34.2 Å². The monoisotopic (exact) mass is 924 g/mol. The summed E-state index contributed by atoms with van der Waals surface area (Å²) in [6.07, 6.45) is 8.25. The second-order valence-corrected chi connectivity index (χ2v) is 19.6. The van der Waals surface area contributed by atoms with Gasteiger partial charge in [-0.15, -0.1) is 0 Å². The summed E-state index contributed by atoms with van der Waals surface area (Å²) >= 11 is 0. The van der Waals surface area contributed by atoms with E-state index in [0.29, 0.717) is 17.4 Å². The highest BCUT2D eigenvalue weighted by atomic mass is 16.9. The molecule has 14 heteroatoms. The van der Waals surface area contributed by atoms with Gasteiger partial charge in [-0.3, -0.25) is 14.9 Å². The van der Waals surface area contributed by atoms with Crippen LogP contribution in [0.5, 0.6) is 0 Å². The van der Waals surface area contributed by atoms with E-state index in [2.05, 4.69) is 80.1 Å². The zero-order valence-corrected chi connectivity index (χ0v) is 38.3. The molecule has 2 saturated carbocycles. The van der Waals surface area contributed by atoms with Crippen LogP contribution in [0.4, 0.5) is 4.79 Å². The van der Waals surface area contributed by atoms with E-state index >= 15 is 0 Å². The molecular formula is C55H56N8O6. The number of carbonyl (C=O) groups is 3. The molecule has 5 aromatic carbocycles. The fourth-order valence-electron chi connectivity index (χ4n) is 12.3. The van der Waals surface area contributed by atoms with Gasteiger partial charge in [-0.2, -0.15) is 0 Å². The quantitative estimate of drug-likeness (QED) is 0.0845. The number of carboxylic acid groups (broad SMARTS) is 1. The van der Waals surface area contributed by atoms with Gasteiger partial charge in [0.2, 0.25) is 12.3 Å². The SMILES string of the molecule is O=C(O)N[C@@H](C(=O)N1[C@H](c2nc3ccc(-c4ccc(-c5ccc6nc([C@@H]7C[C@@H]8CCCC[C@@H]8N7C(=O)[C@H](NC7OCO7)c7ccccc7)[nH]c6c5)cc4)cc3[nH]2)C[C@@H]2CCCC[C@@H]21)c1ccccc1. The molecule has 7 aromatic rings. The van der Waals surface area contributed by atoms with Gasteiger partial charge in [-0.25, -0.2) is 14.8 Å². The van der Waals surface area contributed by atoms with Gasteiger partial charge in [0.25, 0.3) is 5.91 Å². The molecule has 69 heavy (non-hydrogen) atoms. The Labute approximate surface area is 399 Å². The van der Waals surface area contributed by atoms with Gasteiger partial charge in [0.1, 0.15) is 23.7 Å². The van der Waals surface area contributed by atoms with Crippen LogP contribution in [-0.4, -0.2) is 78.0 Å². The number of aromatic amines is 2. The Balaban J connectivity index is 0.792. The molecule has 2 aromatic heterocycles. The van der Waals surface area contributed by atoms with Crippen molar-refractivity contribution in [2.75, 3.05) is 6.79 Å². The van der Waals surface area contributed by atoms with Crippen molar-refractivity contribution in [3.63, 3.8) is 0 Å². The minimum absolute atomic E-state index is 0.0161. The van der Waals surface area contributed by atoms with Crippen LogP contribution in [0.15, 0.2) is 121 Å². The number of fused-ring (bicyclic) bond motifs is 4. The maximum Gasteiger partial charge on any atom is 0.405 e. The lowest BCUT2D eigenvalue weighted by Gasteiger charge is -2.38. The number of nitrogens with zero attached hydrogens (tertiary/aromatic N) is 4. The number of ether oxygens (including phenoxy) is 2. The molecule has 14 nitrogen and oxygen atoms in total. The number of H-pyrrole nitrogens is 2. The predicted molar refractivity (Wildman–Crippen MR) is 260 cm³/mol. The van der Waals surface area contributed by atoms with Gasteiger partial charge in [0.15, 0.2) is 6.79 Å². The number of likely N-dealkylation sites (tertiary alicyclic amines) is 2. The number of aromatic nitrogens is 4. The molecule has 2 aliphatic carbocycles. The first-order valence-electron chi connectivity index (χ1n) is 24.7. The molecule has 0 bridgehead atoms. The number of amides is 3. The molecule has 5 fully saturated rings. The van der Waals surface area contributed by atoms with Gasteiger partial charge in [-0.1, -0.05) is 123 Å². The Morgan fingerprint density at radius 3 is 1.49 bits per heavy atom. The number of benzene rings is 5. The van der Waals surface area contributed by atoms with E-state index in [1.807, 2.05) is 59.5 Å². The van der Waals surface area contributed by atoms with E-state index in [1.54, 1.807) is 12.1 Å². The van der Waals surface area contributed by atoms with Crippen molar-refractivity contribution in [1.29, 1.82) is 0 Å². The largest absolute Gasteiger partial charge is 0.465 e. The minimum Gasteiger partial charge on any atom is -0.465 e. The first-order valence-corrected chi connectivity index (χ1v) is 24.7. The van der Waals surface area contributed by atoms with Crippen LogP contribution in [0.3, 0.4) is 0 Å². The fraction of sp³-hybridized carbons (Fsp3) is 0.364. The Bertz CT molecular complexity index is 3010. The number of rotatable bonds is 11. The van der Waals surface area contributed by atoms with Crippen LogP contribution < -0.4 is 10.6 Å². The summed E-state index contributed by atoms with van der Waals surface area (Å²) in [7, 11) is 0. The second kappa shape index (κ2) is 18.2. The summed E-state index contributed by atoms with van der Waals surface area (Å²) in [4.78, 5) is 62.9. The molecule has 0 spiro atoms. The molecule has 3 amide bonds. The summed E-state index contributed by atoms with van der Waals surface area (Å²) in [5.41, 5.74) is 9.22. The highest BCUT2D eigenvalue weighted by Crippen LogP contribution is 2.49. The van der Waals surface area contributed by atoms with E-state index in [-0.39, 0.29) is 42.8 Å². The molecule has 0 radical (unpaired) electrons. The lowest BCUT2D eigenvalue weighted by molar-refractivity contribution is -0.335. The molecule has 5 aliphatic rings. The van der Waals surface area contributed by atoms with Gasteiger partial charge < -0.3 is 39.7 Å². The van der Waals surface area contributed by atoms with Gasteiger partial charge >= 0.3 is 6.09 Å². The van der Waals surface area contributed by atoms with E-state index in [1.165, 1.54) is 6.42 Å². The van der Waals surface area contributed by atoms with E-state index < -0.39 is 24.6 Å². The van der Waals surface area contributed by atoms with E-state index in [9.17, 15) is 19.5 Å². The van der Waals surface area contributed by atoms with Crippen LogP contribution >= 0.6 is 0 Å². The maximum absolute atomic E-state index is 14.8. The van der Waals surface area contributed by atoms with Crippen molar-refractivity contribution in [2.24, 2.45) is 11.8 Å². The van der Waals surface area contributed by atoms with E-state index in [4.69, 9.17) is 19.4 Å². The summed E-state index contributed by atoms with van der Waals surface area (Å²) in [5.74, 6) is 2.07. The number of hydrogen-bond donors (Lipinski definition) is 5. The third kappa shape index (κ3) is 8.23. The standard InChI is InChI=1S/C55H56N8O6/c64-52(48(60-54(66)67)34-11-3-1-4-12-34)62-44-17-9-7-15-38(44)29-46(62)50-56-40-25-23-36(27-42(40)58-50)32-19-21-33(22-20-32)37-24-26-41-43(28-37)59-51(57-41)47-30-39-16-8-10-18-45(39)63(47)53(65)49(61-55-68-31-69-55)35-13-5-2-6-14-35/h1-6,11-14,19-28,38-39,44-49,55,60-61H,7-10,15-18,29-31H2,(H,56,58)(H,57,59)(H,66,67)/t38-,39-,44-,45-,46-,47-,48+,49+/m0/s1. The average molecular weight is 925 g/mol. The molecule has 8 atom stereocenters. The first kappa shape index (κ1) is 43.4. The minimum atomic E-state index is -1.23. The smallest absolute Gasteiger partial charge is 0.405 e. The summed E-state index contributed by atoms with van der Waals surface area (Å²) in [5, 5.41) is 15.7. The summed E-state index contributed by atoms with van der Waals surface area (Å²) in [6.45, 7) is 0.210. The zero-order chi connectivity index (χ0) is 46.6. The Hall–Kier alpha value is -6.87. The van der Waals surface area contributed by atoms with Gasteiger partial charge in [-0.05, 0) is 108 Å². The van der Waals surface area contributed by atoms with E-state index in [0.717, 1.165) is 119 Å². The average Bonchev–Trinajstić information content (AvgIpc) is 4.18. The summed E-state index contributed by atoms with van der Waals surface area (Å²) in [6, 6.07) is 38.1. The van der Waals surface area contributed by atoms with Crippen molar-refractivity contribution < 1.29 is 29.0 Å². The molecular weight excluding hydrogens is 869 g/mol. The Morgan fingerprint density at radius 2 is 1.03 bits per heavy atom. The van der Waals surface area contributed by atoms with Crippen molar-refractivity contribution in [3.05, 3.63) is 144 Å².